The molecule has 0 aliphatic carbocycles. The summed E-state index contributed by atoms with van der Waals surface area (Å²) in [6.45, 7) is 4.31. The van der Waals surface area contributed by atoms with Crippen LogP contribution >= 0.6 is 0 Å². The molecule has 0 bridgehead atoms. The van der Waals surface area contributed by atoms with Crippen molar-refractivity contribution in [2.75, 3.05) is 28.4 Å². The number of benzene rings is 2. The first kappa shape index (κ1) is 21.1. The largest absolute Gasteiger partial charge is 0.493 e. The molecule has 0 aromatic heterocycles. The Hall–Kier alpha value is -2.25. The van der Waals surface area contributed by atoms with E-state index in [1.54, 1.807) is 31.3 Å². The van der Waals surface area contributed by atoms with Crippen LogP contribution in [0.3, 0.4) is 0 Å². The molecule has 0 spiro atoms. The third-order valence-corrected chi connectivity index (χ3v) is 6.20. The Morgan fingerprint density at radius 2 is 1.44 bits per heavy atom. The van der Waals surface area contributed by atoms with Crippen LogP contribution in [0.15, 0.2) is 41.3 Å². The van der Waals surface area contributed by atoms with E-state index in [1.807, 2.05) is 12.1 Å². The highest BCUT2D eigenvalue weighted by Gasteiger charge is 2.22. The molecule has 0 radical (unpaired) electrons. The van der Waals surface area contributed by atoms with Gasteiger partial charge >= 0.3 is 0 Å². The molecule has 6 nitrogen and oxygen atoms in total. The summed E-state index contributed by atoms with van der Waals surface area (Å²) in [5.74, 6) is 1.79. The molecule has 0 saturated carbocycles. The first-order valence-corrected chi connectivity index (χ1v) is 10.0. The second-order valence-corrected chi connectivity index (χ2v) is 8.56. The molecule has 0 amide bonds. The molecule has 0 atom stereocenters. The fourth-order valence-electron chi connectivity index (χ4n) is 2.77. The van der Waals surface area contributed by atoms with Gasteiger partial charge in [0.1, 0.15) is 0 Å². The van der Waals surface area contributed by atoms with Crippen LogP contribution in [0.4, 0.5) is 0 Å². The highest BCUT2D eigenvalue weighted by molar-refractivity contribution is 7.89. The molecule has 7 heteroatoms. The van der Waals surface area contributed by atoms with Crippen molar-refractivity contribution in [1.29, 1.82) is 0 Å². The van der Waals surface area contributed by atoms with Crippen molar-refractivity contribution in [1.82, 2.24) is 4.31 Å². The fraction of sp³-hybridized carbons (Fsp3) is 0.400. The summed E-state index contributed by atoms with van der Waals surface area (Å²) in [4.78, 5) is 0.266. The minimum Gasteiger partial charge on any atom is -0.493 e. The Morgan fingerprint density at radius 3 is 1.85 bits per heavy atom. The van der Waals surface area contributed by atoms with Gasteiger partial charge in [0, 0.05) is 13.6 Å². The van der Waals surface area contributed by atoms with E-state index in [-0.39, 0.29) is 11.4 Å². The van der Waals surface area contributed by atoms with E-state index < -0.39 is 10.0 Å². The third kappa shape index (κ3) is 4.54. The first-order valence-electron chi connectivity index (χ1n) is 8.59. The van der Waals surface area contributed by atoms with Gasteiger partial charge in [-0.15, -0.1) is 0 Å². The molecule has 2 aromatic rings. The van der Waals surface area contributed by atoms with Gasteiger partial charge in [0.2, 0.25) is 15.8 Å². The number of rotatable bonds is 8. The zero-order valence-electron chi connectivity index (χ0n) is 16.6. The average Bonchev–Trinajstić information content (AvgIpc) is 2.66. The highest BCUT2D eigenvalue weighted by atomic mass is 32.2. The number of methoxy groups -OCH3 is 3. The maximum Gasteiger partial charge on any atom is 0.243 e. The normalized spacial score (nSPS) is 11.7. The van der Waals surface area contributed by atoms with Gasteiger partial charge in [-0.05, 0) is 41.3 Å². The van der Waals surface area contributed by atoms with Crippen molar-refractivity contribution in [3.05, 3.63) is 47.5 Å². The van der Waals surface area contributed by atoms with E-state index in [0.717, 1.165) is 11.1 Å². The van der Waals surface area contributed by atoms with Crippen LogP contribution in [-0.2, 0) is 16.6 Å². The summed E-state index contributed by atoms with van der Waals surface area (Å²) in [5, 5.41) is 0. The molecule has 0 N–H and O–H groups in total. The van der Waals surface area contributed by atoms with E-state index in [1.165, 1.54) is 25.6 Å². The molecule has 0 saturated heterocycles. The summed E-state index contributed by atoms with van der Waals surface area (Å²) in [5.41, 5.74) is 1.83. The number of ether oxygens (including phenoxy) is 3. The Kier molecular flexibility index (Phi) is 6.73. The van der Waals surface area contributed by atoms with E-state index in [9.17, 15) is 8.42 Å². The SMILES string of the molecule is COc1cc(CN(C)S(=O)(=O)c2ccc(C(C)C)cc2)cc(OC)c1OC. The lowest BCUT2D eigenvalue weighted by molar-refractivity contribution is 0.323. The van der Waals surface area contributed by atoms with Gasteiger partial charge < -0.3 is 14.2 Å². The van der Waals surface area contributed by atoms with E-state index >= 15 is 0 Å². The second-order valence-electron chi connectivity index (χ2n) is 6.52. The van der Waals surface area contributed by atoms with Crippen molar-refractivity contribution in [3.8, 4) is 17.2 Å². The van der Waals surface area contributed by atoms with Gasteiger partial charge in [-0.3, -0.25) is 0 Å². The summed E-state index contributed by atoms with van der Waals surface area (Å²) >= 11 is 0. The van der Waals surface area contributed by atoms with Gasteiger partial charge in [-0.1, -0.05) is 26.0 Å². The average molecular weight is 394 g/mol. The molecule has 2 aromatic carbocycles. The molecule has 148 valence electrons. The molecular formula is C20H27NO5S. The van der Waals surface area contributed by atoms with Crippen LogP contribution in [0.25, 0.3) is 0 Å². The van der Waals surface area contributed by atoms with Crippen molar-refractivity contribution in [3.63, 3.8) is 0 Å². The number of sulfonamides is 1. The molecular weight excluding hydrogens is 366 g/mol. The Labute approximate surface area is 161 Å². The molecule has 0 fully saturated rings. The van der Waals surface area contributed by atoms with Gasteiger partial charge in [-0.2, -0.15) is 4.31 Å². The topological polar surface area (TPSA) is 65.1 Å². The second kappa shape index (κ2) is 8.63. The van der Waals surface area contributed by atoms with Crippen LogP contribution < -0.4 is 14.2 Å². The first-order chi connectivity index (χ1) is 12.7. The highest BCUT2D eigenvalue weighted by Crippen LogP contribution is 2.38. The Bertz CT molecular complexity index is 851. The molecule has 2 rings (SSSR count). The predicted molar refractivity (Wildman–Crippen MR) is 105 cm³/mol. The molecule has 0 heterocycles. The predicted octanol–water partition coefficient (Wildman–Crippen LogP) is 3.66. The molecule has 0 aliphatic heterocycles. The quantitative estimate of drug-likeness (QED) is 0.685. The van der Waals surface area contributed by atoms with E-state index in [2.05, 4.69) is 13.8 Å². The summed E-state index contributed by atoms with van der Waals surface area (Å²) in [6, 6.07) is 10.5. The fourth-order valence-corrected chi connectivity index (χ4v) is 3.93. The molecule has 0 unspecified atom stereocenters. The van der Waals surface area contributed by atoms with Crippen LogP contribution in [0.1, 0.15) is 30.9 Å². The maximum absolute atomic E-state index is 12.9. The number of hydrogen-bond acceptors (Lipinski definition) is 5. The summed E-state index contributed by atoms with van der Waals surface area (Å²) in [6.07, 6.45) is 0. The smallest absolute Gasteiger partial charge is 0.243 e. The standard InChI is InChI=1S/C20H27NO5S/c1-14(2)16-7-9-17(10-8-16)27(22,23)21(3)13-15-11-18(24-4)20(26-6)19(12-15)25-5/h7-12,14H,13H2,1-6H3. The van der Waals surface area contributed by atoms with Crippen molar-refractivity contribution in [2.24, 2.45) is 0 Å². The Morgan fingerprint density at radius 1 is 0.926 bits per heavy atom. The zero-order chi connectivity index (χ0) is 20.2. The monoisotopic (exact) mass is 393 g/mol. The number of hydrogen-bond donors (Lipinski definition) is 0. The zero-order valence-corrected chi connectivity index (χ0v) is 17.5. The van der Waals surface area contributed by atoms with E-state index in [4.69, 9.17) is 14.2 Å². The van der Waals surface area contributed by atoms with Crippen molar-refractivity contribution >= 4 is 10.0 Å². The van der Waals surface area contributed by atoms with Gasteiger partial charge in [0.15, 0.2) is 11.5 Å². The maximum atomic E-state index is 12.9. The van der Waals surface area contributed by atoms with Crippen LogP contribution in [-0.4, -0.2) is 41.1 Å². The lowest BCUT2D eigenvalue weighted by Crippen LogP contribution is -2.26. The lowest BCUT2D eigenvalue weighted by Gasteiger charge is -2.20. The van der Waals surface area contributed by atoms with Gasteiger partial charge in [0.25, 0.3) is 0 Å². The van der Waals surface area contributed by atoms with Crippen molar-refractivity contribution in [2.45, 2.75) is 31.2 Å². The van der Waals surface area contributed by atoms with Gasteiger partial charge in [0.05, 0.1) is 26.2 Å². The van der Waals surface area contributed by atoms with E-state index in [0.29, 0.717) is 23.2 Å². The number of nitrogens with zero attached hydrogens (tertiary/aromatic N) is 1. The van der Waals surface area contributed by atoms with Crippen molar-refractivity contribution < 1.29 is 22.6 Å². The Balaban J connectivity index is 2.31. The third-order valence-electron chi connectivity index (χ3n) is 4.38. The minimum absolute atomic E-state index is 0.172. The summed E-state index contributed by atoms with van der Waals surface area (Å²) in [7, 11) is 2.51. The minimum atomic E-state index is -3.61. The molecule has 27 heavy (non-hydrogen) atoms. The van der Waals surface area contributed by atoms with Crippen LogP contribution in [0.5, 0.6) is 17.2 Å². The molecule has 0 aliphatic rings. The van der Waals surface area contributed by atoms with Gasteiger partial charge in [-0.25, -0.2) is 8.42 Å². The van der Waals surface area contributed by atoms with Crippen LogP contribution in [0, 0.1) is 0 Å². The lowest BCUT2D eigenvalue weighted by atomic mass is 10.0. The van der Waals surface area contributed by atoms with Crippen LogP contribution in [0.2, 0.25) is 0 Å². The summed E-state index contributed by atoms with van der Waals surface area (Å²) < 4.78 is 43.1.